The van der Waals surface area contributed by atoms with Gasteiger partial charge in [-0.1, -0.05) is 30.3 Å². The van der Waals surface area contributed by atoms with E-state index in [1.807, 2.05) is 50.2 Å². The summed E-state index contributed by atoms with van der Waals surface area (Å²) in [6.45, 7) is 5.82. The summed E-state index contributed by atoms with van der Waals surface area (Å²) in [5, 5.41) is 2.51. The molecule has 1 atom stereocenters. The molecule has 2 aromatic rings. The summed E-state index contributed by atoms with van der Waals surface area (Å²) in [6, 6.07) is 15.0. The summed E-state index contributed by atoms with van der Waals surface area (Å²) >= 11 is 1.46. The Labute approximate surface area is 159 Å². The maximum atomic E-state index is 12.4. The molecular formula is C19H24N2O3S2. The Balaban J connectivity index is 1.82. The van der Waals surface area contributed by atoms with E-state index in [1.54, 1.807) is 19.1 Å². The molecule has 2 aromatic carbocycles. The monoisotopic (exact) mass is 392 g/mol. The van der Waals surface area contributed by atoms with Gasteiger partial charge in [-0.3, -0.25) is 4.79 Å². The van der Waals surface area contributed by atoms with Crippen LogP contribution in [-0.2, 0) is 14.8 Å². The van der Waals surface area contributed by atoms with Crippen molar-refractivity contribution in [3.05, 3.63) is 59.7 Å². The van der Waals surface area contributed by atoms with Gasteiger partial charge >= 0.3 is 0 Å². The first kappa shape index (κ1) is 20.5. The Morgan fingerprint density at radius 3 is 2.46 bits per heavy atom. The quantitative estimate of drug-likeness (QED) is 0.535. The second-order valence-electron chi connectivity index (χ2n) is 6.03. The summed E-state index contributed by atoms with van der Waals surface area (Å²) in [5.74, 6) is -0.121. The number of nitrogens with one attached hydrogen (secondary N) is 2. The molecule has 0 aliphatic carbocycles. The van der Waals surface area contributed by atoms with Crippen LogP contribution >= 0.6 is 11.8 Å². The molecule has 0 saturated heterocycles. The second kappa shape index (κ2) is 9.21. The predicted octanol–water partition coefficient (Wildman–Crippen LogP) is 2.88. The van der Waals surface area contributed by atoms with Gasteiger partial charge in [-0.05, 0) is 50.1 Å². The molecule has 26 heavy (non-hydrogen) atoms. The van der Waals surface area contributed by atoms with Crippen molar-refractivity contribution in [2.75, 3.05) is 13.1 Å². The van der Waals surface area contributed by atoms with Crippen molar-refractivity contribution in [2.24, 2.45) is 0 Å². The molecule has 0 aliphatic rings. The van der Waals surface area contributed by atoms with Crippen LogP contribution in [0.3, 0.4) is 0 Å². The van der Waals surface area contributed by atoms with Crippen LogP contribution in [-0.4, -0.2) is 32.7 Å². The predicted molar refractivity (Wildman–Crippen MR) is 106 cm³/mol. The van der Waals surface area contributed by atoms with Crippen LogP contribution in [0.1, 0.15) is 18.1 Å². The van der Waals surface area contributed by atoms with Gasteiger partial charge in [0.05, 0.1) is 10.1 Å². The van der Waals surface area contributed by atoms with Gasteiger partial charge in [0.25, 0.3) is 0 Å². The van der Waals surface area contributed by atoms with Gasteiger partial charge in [0.1, 0.15) is 0 Å². The average molecular weight is 393 g/mol. The fourth-order valence-electron chi connectivity index (χ4n) is 2.35. The van der Waals surface area contributed by atoms with Crippen LogP contribution in [0, 0.1) is 13.8 Å². The number of sulfonamides is 1. The van der Waals surface area contributed by atoms with Crippen molar-refractivity contribution >= 4 is 27.7 Å². The van der Waals surface area contributed by atoms with Gasteiger partial charge in [0.2, 0.25) is 15.9 Å². The van der Waals surface area contributed by atoms with Gasteiger partial charge in [-0.15, -0.1) is 11.8 Å². The van der Waals surface area contributed by atoms with Gasteiger partial charge in [-0.25, -0.2) is 13.1 Å². The van der Waals surface area contributed by atoms with E-state index in [2.05, 4.69) is 10.0 Å². The van der Waals surface area contributed by atoms with Crippen molar-refractivity contribution in [3.63, 3.8) is 0 Å². The highest BCUT2D eigenvalue weighted by Gasteiger charge is 2.17. The van der Waals surface area contributed by atoms with E-state index in [1.165, 1.54) is 11.8 Å². The fourth-order valence-corrected chi connectivity index (χ4v) is 4.62. The van der Waals surface area contributed by atoms with Crippen molar-refractivity contribution in [1.82, 2.24) is 10.0 Å². The van der Waals surface area contributed by atoms with E-state index in [0.29, 0.717) is 5.56 Å². The average Bonchev–Trinajstić information content (AvgIpc) is 2.61. The van der Waals surface area contributed by atoms with E-state index >= 15 is 0 Å². The van der Waals surface area contributed by atoms with Crippen LogP contribution < -0.4 is 10.0 Å². The molecule has 5 nitrogen and oxygen atoms in total. The molecule has 0 aromatic heterocycles. The highest BCUT2D eigenvalue weighted by atomic mass is 32.2. The zero-order valence-electron chi connectivity index (χ0n) is 15.2. The van der Waals surface area contributed by atoms with Crippen LogP contribution in [0.5, 0.6) is 0 Å². The third kappa shape index (κ3) is 5.86. The Kier molecular flexibility index (Phi) is 7.25. The molecule has 0 spiro atoms. The molecular weight excluding hydrogens is 368 g/mol. The Hall–Kier alpha value is -1.83. The Bertz CT molecular complexity index is 852. The van der Waals surface area contributed by atoms with Gasteiger partial charge in [0, 0.05) is 18.0 Å². The number of amides is 1. The molecule has 0 fully saturated rings. The summed E-state index contributed by atoms with van der Waals surface area (Å²) < 4.78 is 27.3. The molecule has 0 heterocycles. The van der Waals surface area contributed by atoms with Crippen molar-refractivity contribution in [1.29, 1.82) is 0 Å². The number of thioether (sulfide) groups is 1. The first-order valence-electron chi connectivity index (χ1n) is 8.36. The number of carbonyl (C=O) groups excluding carboxylic acids is 1. The molecule has 2 N–H and O–H groups in total. The summed E-state index contributed by atoms with van der Waals surface area (Å²) in [5.41, 5.74) is 1.58. The zero-order chi connectivity index (χ0) is 19.2. The lowest BCUT2D eigenvalue weighted by atomic mass is 10.2. The lowest BCUT2D eigenvalue weighted by Gasteiger charge is -2.13. The lowest BCUT2D eigenvalue weighted by molar-refractivity contribution is -0.120. The number of benzene rings is 2. The zero-order valence-corrected chi connectivity index (χ0v) is 16.8. The number of hydrogen-bond donors (Lipinski definition) is 2. The largest absolute Gasteiger partial charge is 0.354 e. The summed E-state index contributed by atoms with van der Waals surface area (Å²) in [6.07, 6.45) is 0. The Morgan fingerprint density at radius 2 is 1.77 bits per heavy atom. The van der Waals surface area contributed by atoms with E-state index in [-0.39, 0.29) is 29.1 Å². The molecule has 0 radical (unpaired) electrons. The number of aryl methyl sites for hydroxylation is 2. The minimum absolute atomic E-state index is 0.121. The van der Waals surface area contributed by atoms with Crippen LogP contribution in [0.25, 0.3) is 0 Å². The molecule has 0 aliphatic heterocycles. The summed E-state index contributed by atoms with van der Waals surface area (Å²) in [7, 11) is -3.59. The van der Waals surface area contributed by atoms with E-state index < -0.39 is 10.0 Å². The van der Waals surface area contributed by atoms with Gasteiger partial charge < -0.3 is 5.32 Å². The maximum absolute atomic E-state index is 12.4. The standard InChI is InChI=1S/C19H24N2O3S2/c1-14-9-10-15(2)18(13-14)26(23,24)21-12-11-20-19(22)16(3)25-17-7-5-4-6-8-17/h4-10,13,16,21H,11-12H2,1-3H3,(H,20,22). The molecule has 1 amide bonds. The van der Waals surface area contributed by atoms with Crippen molar-refractivity contribution < 1.29 is 13.2 Å². The van der Waals surface area contributed by atoms with Crippen LogP contribution in [0.15, 0.2) is 58.3 Å². The minimum atomic E-state index is -3.59. The normalized spacial score (nSPS) is 12.6. The number of hydrogen-bond acceptors (Lipinski definition) is 4. The fraction of sp³-hybridized carbons (Fsp3) is 0.316. The van der Waals surface area contributed by atoms with Gasteiger partial charge in [0.15, 0.2) is 0 Å². The molecule has 7 heteroatoms. The highest BCUT2D eigenvalue weighted by molar-refractivity contribution is 8.00. The first-order valence-corrected chi connectivity index (χ1v) is 10.7. The number of carbonyl (C=O) groups is 1. The second-order valence-corrected chi connectivity index (χ2v) is 9.18. The van der Waals surface area contributed by atoms with E-state index in [0.717, 1.165) is 10.5 Å². The molecule has 140 valence electrons. The van der Waals surface area contributed by atoms with Crippen molar-refractivity contribution in [2.45, 2.75) is 35.8 Å². The third-order valence-corrected chi connectivity index (χ3v) is 6.49. The molecule has 1 unspecified atom stereocenters. The summed E-state index contributed by atoms with van der Waals surface area (Å²) in [4.78, 5) is 13.4. The molecule has 0 saturated carbocycles. The molecule has 2 rings (SSSR count). The van der Waals surface area contributed by atoms with Crippen LogP contribution in [0.4, 0.5) is 0 Å². The maximum Gasteiger partial charge on any atom is 0.240 e. The lowest BCUT2D eigenvalue weighted by Crippen LogP contribution is -2.38. The van der Waals surface area contributed by atoms with Crippen molar-refractivity contribution in [3.8, 4) is 0 Å². The number of rotatable bonds is 8. The molecule has 0 bridgehead atoms. The Morgan fingerprint density at radius 1 is 1.08 bits per heavy atom. The van der Waals surface area contributed by atoms with E-state index in [4.69, 9.17) is 0 Å². The first-order chi connectivity index (χ1) is 12.3. The van der Waals surface area contributed by atoms with E-state index in [9.17, 15) is 13.2 Å². The topological polar surface area (TPSA) is 75.3 Å². The SMILES string of the molecule is Cc1ccc(C)c(S(=O)(=O)NCCNC(=O)C(C)Sc2ccccc2)c1. The third-order valence-electron chi connectivity index (χ3n) is 3.77. The smallest absolute Gasteiger partial charge is 0.240 e. The van der Waals surface area contributed by atoms with Gasteiger partial charge in [-0.2, -0.15) is 0 Å². The van der Waals surface area contributed by atoms with Crippen LogP contribution in [0.2, 0.25) is 0 Å². The highest BCUT2D eigenvalue weighted by Crippen LogP contribution is 2.22. The minimum Gasteiger partial charge on any atom is -0.354 e.